The van der Waals surface area contributed by atoms with Crippen LogP contribution in [-0.4, -0.2) is 9.97 Å². The molecule has 11 rings (SSSR count). The molecule has 0 N–H and O–H groups in total. The van der Waals surface area contributed by atoms with Gasteiger partial charge >= 0.3 is 0 Å². The fourth-order valence-corrected chi connectivity index (χ4v) is 8.49. The average molecular weight is 659 g/mol. The molecule has 52 heavy (non-hydrogen) atoms. The highest BCUT2D eigenvalue weighted by Crippen LogP contribution is 2.44. The summed E-state index contributed by atoms with van der Waals surface area (Å²) in [7, 11) is 0. The number of aromatic nitrogens is 2. The van der Waals surface area contributed by atoms with Gasteiger partial charge in [0, 0.05) is 16.7 Å². The maximum Gasteiger partial charge on any atom is 0.161 e. The molecular weight excluding hydrogens is 629 g/mol. The van der Waals surface area contributed by atoms with Crippen molar-refractivity contribution in [2.75, 3.05) is 0 Å². The first-order chi connectivity index (χ1) is 25.8. The zero-order chi connectivity index (χ0) is 34.2. The van der Waals surface area contributed by atoms with E-state index in [1.165, 1.54) is 64.6 Å². The first-order valence-electron chi connectivity index (χ1n) is 17.8. The van der Waals surface area contributed by atoms with Crippen LogP contribution in [-0.2, 0) is 0 Å². The fourth-order valence-electron chi connectivity index (χ4n) is 8.49. The molecule has 0 aliphatic rings. The Kier molecular flexibility index (Phi) is 6.28. The van der Waals surface area contributed by atoms with Gasteiger partial charge in [0.05, 0.1) is 11.4 Å². The standard InChI is InChI=1S/C50H30N2/c1-2-15-32(16-3-1)46-30-47(52-50(51-46)49-35-19-7-5-17-33(35)28-43-34-18-6-4-14-31(34)26-27-42(43)49)44-29-45-38-22-9-8-20-36(38)37-21-10-12-24-40(37)48(45)41-25-13-11-23-39(41)44/h1-30H. The van der Waals surface area contributed by atoms with Gasteiger partial charge in [0.1, 0.15) is 0 Å². The van der Waals surface area contributed by atoms with Crippen molar-refractivity contribution in [2.45, 2.75) is 0 Å². The molecule has 1 aromatic heterocycles. The second kappa shape index (κ2) is 11.3. The highest BCUT2D eigenvalue weighted by Gasteiger charge is 2.20. The number of benzene rings is 10. The molecule has 1 heterocycles. The molecule has 0 unspecified atom stereocenters. The van der Waals surface area contributed by atoms with Crippen LogP contribution in [0.5, 0.6) is 0 Å². The summed E-state index contributed by atoms with van der Waals surface area (Å²) in [6, 6.07) is 65.6. The maximum atomic E-state index is 5.57. The zero-order valence-electron chi connectivity index (χ0n) is 28.2. The Morgan fingerprint density at radius 1 is 0.288 bits per heavy atom. The van der Waals surface area contributed by atoms with Gasteiger partial charge in [-0.05, 0) is 93.6 Å². The van der Waals surface area contributed by atoms with E-state index in [1.807, 2.05) is 0 Å². The summed E-state index contributed by atoms with van der Waals surface area (Å²) in [6.07, 6.45) is 0. The maximum absolute atomic E-state index is 5.57. The SMILES string of the molecule is c1ccc(-c2cc(-c3cc4c5ccccc5c5ccccc5c4c4ccccc34)nc(-c3c4ccccc4cc4c3ccc3ccccc34)n2)cc1. The van der Waals surface area contributed by atoms with Gasteiger partial charge in [-0.1, -0.05) is 164 Å². The lowest BCUT2D eigenvalue weighted by Crippen LogP contribution is -1.98. The largest absolute Gasteiger partial charge is 0.228 e. The van der Waals surface area contributed by atoms with E-state index in [0.717, 1.165) is 44.7 Å². The molecule has 11 aromatic rings. The fraction of sp³-hybridized carbons (Fsp3) is 0. The molecule has 0 saturated carbocycles. The third-order valence-corrected chi connectivity index (χ3v) is 10.8. The van der Waals surface area contributed by atoms with Gasteiger partial charge in [-0.2, -0.15) is 0 Å². The van der Waals surface area contributed by atoms with Crippen molar-refractivity contribution >= 4 is 75.4 Å². The van der Waals surface area contributed by atoms with E-state index in [9.17, 15) is 0 Å². The number of rotatable bonds is 3. The number of hydrogen-bond acceptors (Lipinski definition) is 2. The van der Waals surface area contributed by atoms with E-state index < -0.39 is 0 Å². The Balaban J connectivity index is 1.29. The Labute approximate surface area is 300 Å². The van der Waals surface area contributed by atoms with Crippen LogP contribution in [0.25, 0.3) is 109 Å². The number of nitrogens with zero attached hydrogens (tertiary/aromatic N) is 2. The summed E-state index contributed by atoms with van der Waals surface area (Å²) in [6.45, 7) is 0. The first-order valence-corrected chi connectivity index (χ1v) is 17.8. The molecule has 240 valence electrons. The summed E-state index contributed by atoms with van der Waals surface area (Å²) < 4.78 is 0. The predicted octanol–water partition coefficient (Wildman–Crippen LogP) is 13.5. The Hall–Kier alpha value is -6.90. The molecule has 0 atom stereocenters. The highest BCUT2D eigenvalue weighted by atomic mass is 14.9. The minimum atomic E-state index is 0.723. The van der Waals surface area contributed by atoms with E-state index >= 15 is 0 Å². The number of hydrogen-bond donors (Lipinski definition) is 0. The van der Waals surface area contributed by atoms with E-state index in [-0.39, 0.29) is 0 Å². The van der Waals surface area contributed by atoms with Gasteiger partial charge in [0.2, 0.25) is 0 Å². The van der Waals surface area contributed by atoms with E-state index in [4.69, 9.17) is 9.97 Å². The summed E-state index contributed by atoms with van der Waals surface area (Å²) in [5.74, 6) is 0.723. The molecule has 0 radical (unpaired) electrons. The Morgan fingerprint density at radius 3 is 1.58 bits per heavy atom. The predicted molar refractivity (Wildman–Crippen MR) is 221 cm³/mol. The van der Waals surface area contributed by atoms with Crippen molar-refractivity contribution < 1.29 is 0 Å². The average Bonchev–Trinajstić information content (AvgIpc) is 3.22. The lowest BCUT2D eigenvalue weighted by Gasteiger charge is -2.17. The van der Waals surface area contributed by atoms with Crippen LogP contribution < -0.4 is 0 Å². The van der Waals surface area contributed by atoms with Crippen LogP contribution in [0.2, 0.25) is 0 Å². The lowest BCUT2D eigenvalue weighted by atomic mass is 9.88. The van der Waals surface area contributed by atoms with Crippen LogP contribution in [0.4, 0.5) is 0 Å². The van der Waals surface area contributed by atoms with Gasteiger partial charge in [0.15, 0.2) is 5.82 Å². The van der Waals surface area contributed by atoms with Crippen LogP contribution in [0.15, 0.2) is 182 Å². The van der Waals surface area contributed by atoms with E-state index in [2.05, 4.69) is 182 Å². The van der Waals surface area contributed by atoms with Crippen molar-refractivity contribution in [1.82, 2.24) is 9.97 Å². The van der Waals surface area contributed by atoms with Crippen molar-refractivity contribution in [1.29, 1.82) is 0 Å². The molecule has 0 fully saturated rings. The zero-order valence-corrected chi connectivity index (χ0v) is 28.2. The summed E-state index contributed by atoms with van der Waals surface area (Å²) in [5, 5.41) is 17.1. The van der Waals surface area contributed by atoms with Gasteiger partial charge in [0.25, 0.3) is 0 Å². The van der Waals surface area contributed by atoms with Crippen LogP contribution in [0.3, 0.4) is 0 Å². The van der Waals surface area contributed by atoms with Crippen molar-refractivity contribution in [3.05, 3.63) is 182 Å². The molecular formula is C50H30N2. The molecule has 0 amide bonds. The molecule has 0 saturated heterocycles. The van der Waals surface area contributed by atoms with Crippen LogP contribution >= 0.6 is 0 Å². The van der Waals surface area contributed by atoms with Gasteiger partial charge in [-0.3, -0.25) is 0 Å². The highest BCUT2D eigenvalue weighted by molar-refractivity contribution is 6.33. The van der Waals surface area contributed by atoms with E-state index in [0.29, 0.717) is 0 Å². The lowest BCUT2D eigenvalue weighted by molar-refractivity contribution is 1.19. The van der Waals surface area contributed by atoms with Crippen LogP contribution in [0.1, 0.15) is 0 Å². The molecule has 0 spiro atoms. The Bertz CT molecular complexity index is 3230. The molecule has 2 heteroatoms. The van der Waals surface area contributed by atoms with E-state index in [1.54, 1.807) is 0 Å². The third-order valence-electron chi connectivity index (χ3n) is 10.8. The normalized spacial score (nSPS) is 11.8. The second-order valence-electron chi connectivity index (χ2n) is 13.7. The Morgan fingerprint density at radius 2 is 0.827 bits per heavy atom. The third kappa shape index (κ3) is 4.31. The molecule has 0 bridgehead atoms. The van der Waals surface area contributed by atoms with Crippen molar-refractivity contribution in [3.63, 3.8) is 0 Å². The van der Waals surface area contributed by atoms with Crippen molar-refractivity contribution in [2.24, 2.45) is 0 Å². The molecule has 0 aliphatic heterocycles. The topological polar surface area (TPSA) is 25.8 Å². The smallest absolute Gasteiger partial charge is 0.161 e. The molecule has 0 aliphatic carbocycles. The minimum Gasteiger partial charge on any atom is -0.228 e. The summed E-state index contributed by atoms with van der Waals surface area (Å²) >= 11 is 0. The summed E-state index contributed by atoms with van der Waals surface area (Å²) in [5.41, 5.74) is 5.01. The van der Waals surface area contributed by atoms with Crippen LogP contribution in [0, 0.1) is 0 Å². The number of fused-ring (bicyclic) bond motifs is 12. The minimum absolute atomic E-state index is 0.723. The van der Waals surface area contributed by atoms with Gasteiger partial charge < -0.3 is 0 Å². The molecule has 2 nitrogen and oxygen atoms in total. The van der Waals surface area contributed by atoms with Gasteiger partial charge in [-0.15, -0.1) is 0 Å². The monoisotopic (exact) mass is 658 g/mol. The summed E-state index contributed by atoms with van der Waals surface area (Å²) in [4.78, 5) is 11.0. The van der Waals surface area contributed by atoms with Gasteiger partial charge in [-0.25, -0.2) is 9.97 Å². The first kappa shape index (κ1) is 28.9. The quantitative estimate of drug-likeness (QED) is 0.139. The molecule has 10 aromatic carbocycles. The second-order valence-corrected chi connectivity index (χ2v) is 13.7. The van der Waals surface area contributed by atoms with Crippen molar-refractivity contribution in [3.8, 4) is 33.9 Å².